The molecule has 2 aromatic carbocycles. The number of rotatable bonds is 6. The molecule has 0 saturated heterocycles. The maximum absolute atomic E-state index is 12.0. The van der Waals surface area contributed by atoms with Crippen LogP contribution in [0.25, 0.3) is 0 Å². The van der Waals surface area contributed by atoms with Gasteiger partial charge in [0.25, 0.3) is 0 Å². The smallest absolute Gasteiger partial charge is 0.171 e. The molecule has 0 atom stereocenters. The SMILES string of the molecule is O=C(CC(=O)c1ccccc1)CC(=O)c1ccc(Cl)cc1Cl. The molecule has 0 bridgehead atoms. The summed E-state index contributed by atoms with van der Waals surface area (Å²) < 4.78 is 0. The highest BCUT2D eigenvalue weighted by Crippen LogP contribution is 2.22. The molecule has 22 heavy (non-hydrogen) atoms. The third kappa shape index (κ3) is 4.26. The van der Waals surface area contributed by atoms with Crippen LogP contribution in [0, 0.1) is 0 Å². The second kappa shape index (κ2) is 7.34. The Hall–Kier alpha value is -1.97. The number of carbonyl (C=O) groups excluding carboxylic acids is 3. The third-order valence-electron chi connectivity index (χ3n) is 3.04. The van der Waals surface area contributed by atoms with Crippen molar-refractivity contribution in [3.05, 3.63) is 69.7 Å². The van der Waals surface area contributed by atoms with Crippen molar-refractivity contribution in [2.75, 3.05) is 0 Å². The van der Waals surface area contributed by atoms with Gasteiger partial charge in [-0.05, 0) is 18.2 Å². The van der Waals surface area contributed by atoms with Crippen LogP contribution in [-0.2, 0) is 4.79 Å². The zero-order valence-corrected chi connectivity index (χ0v) is 13.0. The first-order valence-electron chi connectivity index (χ1n) is 6.55. The maximum atomic E-state index is 12.0. The number of carbonyl (C=O) groups is 3. The van der Waals surface area contributed by atoms with Crippen LogP contribution in [0.1, 0.15) is 33.6 Å². The van der Waals surface area contributed by atoms with Crippen LogP contribution in [0.4, 0.5) is 0 Å². The lowest BCUT2D eigenvalue weighted by Crippen LogP contribution is -2.13. The topological polar surface area (TPSA) is 51.2 Å². The molecule has 0 N–H and O–H groups in total. The maximum Gasteiger partial charge on any atom is 0.171 e. The summed E-state index contributed by atoms with van der Waals surface area (Å²) in [5.41, 5.74) is 0.680. The zero-order valence-electron chi connectivity index (χ0n) is 11.5. The molecule has 112 valence electrons. The Morgan fingerprint density at radius 2 is 1.45 bits per heavy atom. The largest absolute Gasteiger partial charge is 0.299 e. The van der Waals surface area contributed by atoms with Crippen molar-refractivity contribution in [3.63, 3.8) is 0 Å². The quantitative estimate of drug-likeness (QED) is 0.580. The molecule has 0 amide bonds. The van der Waals surface area contributed by atoms with E-state index in [2.05, 4.69) is 0 Å². The van der Waals surface area contributed by atoms with E-state index in [9.17, 15) is 14.4 Å². The van der Waals surface area contributed by atoms with Gasteiger partial charge in [0.15, 0.2) is 11.6 Å². The fraction of sp³-hybridized carbons (Fsp3) is 0.118. The Morgan fingerprint density at radius 3 is 2.09 bits per heavy atom. The summed E-state index contributed by atoms with van der Waals surface area (Å²) in [4.78, 5) is 35.8. The molecule has 0 aliphatic heterocycles. The number of ketones is 3. The molecular weight excluding hydrogens is 323 g/mol. The molecule has 0 saturated carbocycles. The van der Waals surface area contributed by atoms with Gasteiger partial charge in [0.1, 0.15) is 5.78 Å². The molecular formula is C17H12Cl2O3. The Bertz CT molecular complexity index is 724. The lowest BCUT2D eigenvalue weighted by atomic mass is 10.0. The second-order valence-electron chi connectivity index (χ2n) is 4.73. The van der Waals surface area contributed by atoms with Crippen molar-refractivity contribution in [2.45, 2.75) is 12.8 Å². The summed E-state index contributed by atoms with van der Waals surface area (Å²) >= 11 is 11.7. The highest BCUT2D eigenvalue weighted by atomic mass is 35.5. The summed E-state index contributed by atoms with van der Waals surface area (Å²) in [5.74, 6) is -1.17. The minimum Gasteiger partial charge on any atom is -0.299 e. The molecule has 0 aliphatic carbocycles. The molecule has 0 aromatic heterocycles. The average Bonchev–Trinajstić information content (AvgIpc) is 2.47. The fourth-order valence-corrected chi connectivity index (χ4v) is 2.47. The average molecular weight is 335 g/mol. The van der Waals surface area contributed by atoms with Crippen molar-refractivity contribution >= 4 is 40.6 Å². The van der Waals surface area contributed by atoms with E-state index in [1.807, 2.05) is 0 Å². The van der Waals surface area contributed by atoms with Gasteiger partial charge in [-0.2, -0.15) is 0 Å². The van der Waals surface area contributed by atoms with E-state index >= 15 is 0 Å². The summed E-state index contributed by atoms with van der Waals surface area (Å²) in [5, 5.41) is 0.604. The molecule has 0 aliphatic rings. The van der Waals surface area contributed by atoms with Crippen LogP contribution in [0.2, 0.25) is 10.0 Å². The first-order chi connectivity index (χ1) is 10.5. The number of Topliss-reactive ketones (excluding diaryl/α,β-unsaturated/α-hetero) is 3. The van der Waals surface area contributed by atoms with Crippen LogP contribution >= 0.6 is 23.2 Å². The summed E-state index contributed by atoms with van der Waals surface area (Å²) in [7, 11) is 0. The van der Waals surface area contributed by atoms with Crippen molar-refractivity contribution in [1.29, 1.82) is 0 Å². The van der Waals surface area contributed by atoms with Crippen molar-refractivity contribution in [2.24, 2.45) is 0 Å². The molecule has 0 spiro atoms. The summed E-state index contributed by atoms with van der Waals surface area (Å²) in [6.45, 7) is 0. The van der Waals surface area contributed by atoms with Crippen molar-refractivity contribution < 1.29 is 14.4 Å². The molecule has 0 fully saturated rings. The number of benzene rings is 2. The highest BCUT2D eigenvalue weighted by Gasteiger charge is 2.18. The first kappa shape index (κ1) is 16.4. The standard InChI is InChI=1S/C17H12Cl2O3/c18-12-6-7-14(15(19)8-12)17(22)10-13(20)9-16(21)11-4-2-1-3-5-11/h1-8H,9-10H2. The van der Waals surface area contributed by atoms with E-state index in [-0.39, 0.29) is 29.2 Å². The van der Waals surface area contributed by atoms with Gasteiger partial charge in [-0.15, -0.1) is 0 Å². The minimum atomic E-state index is -0.440. The van der Waals surface area contributed by atoms with Gasteiger partial charge in [-0.25, -0.2) is 0 Å². The van der Waals surface area contributed by atoms with Gasteiger partial charge in [-0.3, -0.25) is 14.4 Å². The fourth-order valence-electron chi connectivity index (χ4n) is 1.96. The predicted octanol–water partition coefficient (Wildman–Crippen LogP) is 4.41. The number of hydrogen-bond donors (Lipinski definition) is 0. The number of halogens is 2. The molecule has 0 heterocycles. The zero-order chi connectivity index (χ0) is 16.1. The van der Waals surface area contributed by atoms with E-state index in [1.54, 1.807) is 30.3 Å². The molecule has 0 radical (unpaired) electrons. The molecule has 2 rings (SSSR count). The summed E-state index contributed by atoms with van der Waals surface area (Å²) in [6.07, 6.45) is -0.666. The molecule has 3 nitrogen and oxygen atoms in total. The van der Waals surface area contributed by atoms with Gasteiger partial charge in [0.05, 0.1) is 17.9 Å². The van der Waals surface area contributed by atoms with Crippen LogP contribution < -0.4 is 0 Å². The van der Waals surface area contributed by atoms with E-state index in [4.69, 9.17) is 23.2 Å². The van der Waals surface area contributed by atoms with Gasteiger partial charge >= 0.3 is 0 Å². The van der Waals surface area contributed by atoms with Gasteiger partial charge in [0.2, 0.25) is 0 Å². The second-order valence-corrected chi connectivity index (χ2v) is 5.57. The van der Waals surface area contributed by atoms with Crippen LogP contribution in [0.5, 0.6) is 0 Å². The van der Waals surface area contributed by atoms with Crippen LogP contribution in [0.15, 0.2) is 48.5 Å². The third-order valence-corrected chi connectivity index (χ3v) is 3.59. The highest BCUT2D eigenvalue weighted by molar-refractivity contribution is 6.37. The van der Waals surface area contributed by atoms with Crippen molar-refractivity contribution in [1.82, 2.24) is 0 Å². The minimum absolute atomic E-state index is 0.194. The molecule has 0 unspecified atom stereocenters. The van der Waals surface area contributed by atoms with Crippen molar-refractivity contribution in [3.8, 4) is 0 Å². The van der Waals surface area contributed by atoms with Crippen LogP contribution in [-0.4, -0.2) is 17.3 Å². The van der Waals surface area contributed by atoms with Gasteiger partial charge in [-0.1, -0.05) is 53.5 Å². The predicted molar refractivity (Wildman–Crippen MR) is 85.8 cm³/mol. The Morgan fingerprint density at radius 1 is 0.818 bits per heavy atom. The van der Waals surface area contributed by atoms with Gasteiger partial charge < -0.3 is 0 Å². The van der Waals surface area contributed by atoms with E-state index in [1.165, 1.54) is 18.2 Å². The van der Waals surface area contributed by atoms with E-state index in [0.717, 1.165) is 0 Å². The van der Waals surface area contributed by atoms with E-state index in [0.29, 0.717) is 10.6 Å². The Kier molecular flexibility index (Phi) is 5.47. The molecule has 5 heteroatoms. The van der Waals surface area contributed by atoms with Gasteiger partial charge in [0, 0.05) is 16.1 Å². The lowest BCUT2D eigenvalue weighted by Gasteiger charge is -2.04. The Labute approximate surface area is 137 Å². The number of hydrogen-bond acceptors (Lipinski definition) is 3. The Balaban J connectivity index is 2.00. The van der Waals surface area contributed by atoms with Crippen LogP contribution in [0.3, 0.4) is 0 Å². The monoisotopic (exact) mass is 334 g/mol. The normalized spacial score (nSPS) is 10.3. The lowest BCUT2D eigenvalue weighted by molar-refractivity contribution is -0.117. The summed E-state index contributed by atoms with van der Waals surface area (Å²) in [6, 6.07) is 12.9. The molecule has 2 aromatic rings. The first-order valence-corrected chi connectivity index (χ1v) is 7.31. The van der Waals surface area contributed by atoms with E-state index < -0.39 is 11.6 Å².